The quantitative estimate of drug-likeness (QED) is 0.357. The molecule has 0 radical (unpaired) electrons. The Kier molecular flexibility index (Phi) is 4.46. The average molecular weight is 363 g/mol. The van der Waals surface area contributed by atoms with Crippen LogP contribution in [0.3, 0.4) is 0 Å². The SMILES string of the molecule is CNC1C(=O)N2C(C(=O)OCc3ccc(OC)cc3)C(C)(C)[N+](C)([O-])C12. The van der Waals surface area contributed by atoms with E-state index < -0.39 is 34.4 Å². The van der Waals surface area contributed by atoms with Gasteiger partial charge in [0.15, 0.2) is 18.2 Å². The van der Waals surface area contributed by atoms with Gasteiger partial charge in [0.05, 0.1) is 14.2 Å². The molecule has 8 heteroatoms. The molecule has 1 aromatic rings. The van der Waals surface area contributed by atoms with E-state index in [1.165, 1.54) is 11.9 Å². The Morgan fingerprint density at radius 3 is 2.50 bits per heavy atom. The van der Waals surface area contributed by atoms with Crippen LogP contribution in [0.15, 0.2) is 24.3 Å². The first kappa shape index (κ1) is 18.6. The Morgan fingerprint density at radius 1 is 1.35 bits per heavy atom. The zero-order valence-electron chi connectivity index (χ0n) is 15.7. The fourth-order valence-corrected chi connectivity index (χ4v) is 3.85. The first-order valence-corrected chi connectivity index (χ1v) is 8.53. The predicted octanol–water partition coefficient (Wildman–Crippen LogP) is 0.600. The molecule has 2 fully saturated rings. The molecule has 3 rings (SSSR count). The number of hydrogen-bond acceptors (Lipinski definition) is 6. The van der Waals surface area contributed by atoms with Crippen molar-refractivity contribution >= 4 is 11.9 Å². The fourth-order valence-electron chi connectivity index (χ4n) is 3.85. The minimum absolute atomic E-state index is 0.0696. The van der Waals surface area contributed by atoms with Crippen LogP contribution in [-0.4, -0.2) is 66.4 Å². The number of β-lactam (4-membered cyclic amide) rings is 1. The second-order valence-corrected chi connectivity index (χ2v) is 7.43. The Hall–Kier alpha value is -2.16. The minimum Gasteiger partial charge on any atom is -0.631 e. The summed E-state index contributed by atoms with van der Waals surface area (Å²) in [7, 11) is 4.72. The standard InChI is InChI=1S/C18H25N3O5/c1-18(2)14(20-15(21(18,4)24)13(19-3)16(20)22)17(23)26-10-11-6-8-12(25-5)9-7-11/h6-9,13-15,19H,10H2,1-5H3. The third kappa shape index (κ3) is 2.48. The Labute approximate surface area is 152 Å². The maximum atomic E-state index is 13.2. The lowest BCUT2D eigenvalue weighted by Gasteiger charge is -2.53. The van der Waals surface area contributed by atoms with Crippen molar-refractivity contribution in [2.45, 2.75) is 44.2 Å². The topological polar surface area (TPSA) is 90.9 Å². The van der Waals surface area contributed by atoms with Crippen LogP contribution in [0.2, 0.25) is 0 Å². The molecule has 1 aromatic carbocycles. The van der Waals surface area contributed by atoms with E-state index in [-0.39, 0.29) is 12.5 Å². The summed E-state index contributed by atoms with van der Waals surface area (Å²) in [5, 5.41) is 16.1. The van der Waals surface area contributed by atoms with Crippen LogP contribution >= 0.6 is 0 Å². The molecule has 26 heavy (non-hydrogen) atoms. The lowest BCUT2D eigenvalue weighted by atomic mass is 9.94. The number of amides is 1. The second kappa shape index (κ2) is 6.22. The van der Waals surface area contributed by atoms with Gasteiger partial charge in [0.1, 0.15) is 17.9 Å². The summed E-state index contributed by atoms with van der Waals surface area (Å²) in [5.41, 5.74) is -0.211. The molecule has 2 aliphatic heterocycles. The summed E-state index contributed by atoms with van der Waals surface area (Å²) in [5.74, 6) is -0.0883. The molecule has 2 saturated heterocycles. The Morgan fingerprint density at radius 2 is 1.96 bits per heavy atom. The van der Waals surface area contributed by atoms with Gasteiger partial charge in [-0.15, -0.1) is 0 Å². The van der Waals surface area contributed by atoms with Crippen molar-refractivity contribution in [3.05, 3.63) is 35.0 Å². The molecule has 142 valence electrons. The first-order chi connectivity index (χ1) is 12.2. The van der Waals surface area contributed by atoms with E-state index in [0.717, 1.165) is 5.56 Å². The van der Waals surface area contributed by atoms with Gasteiger partial charge < -0.3 is 24.6 Å². The molecule has 2 aliphatic rings. The smallest absolute Gasteiger partial charge is 0.335 e. The van der Waals surface area contributed by atoms with Crippen molar-refractivity contribution in [2.75, 3.05) is 21.2 Å². The largest absolute Gasteiger partial charge is 0.631 e. The highest BCUT2D eigenvalue weighted by Crippen LogP contribution is 2.47. The highest BCUT2D eigenvalue weighted by atomic mass is 16.6. The number of ether oxygens (including phenoxy) is 2. The van der Waals surface area contributed by atoms with Crippen molar-refractivity contribution < 1.29 is 23.7 Å². The number of fused-ring (bicyclic) bond motifs is 1. The van der Waals surface area contributed by atoms with Gasteiger partial charge in [-0.1, -0.05) is 12.1 Å². The highest BCUT2D eigenvalue weighted by molar-refractivity contribution is 5.94. The number of nitrogens with one attached hydrogen (secondary N) is 1. The molecule has 0 spiro atoms. The van der Waals surface area contributed by atoms with Gasteiger partial charge in [0, 0.05) is 0 Å². The number of likely N-dealkylation sites (N-methyl/N-ethyl adjacent to an activating group) is 2. The maximum absolute atomic E-state index is 13.2. The van der Waals surface area contributed by atoms with Gasteiger partial charge in [0.2, 0.25) is 0 Å². The number of methoxy groups -OCH3 is 1. The summed E-state index contributed by atoms with van der Waals surface area (Å²) in [6, 6.07) is 5.67. The van der Waals surface area contributed by atoms with Gasteiger partial charge >= 0.3 is 5.97 Å². The van der Waals surface area contributed by atoms with Crippen molar-refractivity contribution in [1.29, 1.82) is 0 Å². The molecule has 4 unspecified atom stereocenters. The summed E-state index contributed by atoms with van der Waals surface area (Å²) < 4.78 is 9.84. The summed E-state index contributed by atoms with van der Waals surface area (Å²) in [6.45, 7) is 3.48. The van der Waals surface area contributed by atoms with Crippen LogP contribution in [0.25, 0.3) is 0 Å². The summed E-state index contributed by atoms with van der Waals surface area (Å²) in [4.78, 5) is 26.5. The molecular formula is C18H25N3O5. The Bertz CT molecular complexity index is 716. The van der Waals surface area contributed by atoms with Gasteiger partial charge in [-0.25, -0.2) is 4.79 Å². The molecule has 0 bridgehead atoms. The first-order valence-electron chi connectivity index (χ1n) is 8.53. The number of benzene rings is 1. The van der Waals surface area contributed by atoms with Crippen molar-refractivity contribution in [2.24, 2.45) is 0 Å². The lowest BCUT2D eigenvalue weighted by molar-refractivity contribution is -0.926. The summed E-state index contributed by atoms with van der Waals surface area (Å²) >= 11 is 0. The van der Waals surface area contributed by atoms with E-state index >= 15 is 0 Å². The zero-order valence-corrected chi connectivity index (χ0v) is 15.7. The molecule has 8 nitrogen and oxygen atoms in total. The predicted molar refractivity (Wildman–Crippen MR) is 93.7 cm³/mol. The molecule has 0 aliphatic carbocycles. The van der Waals surface area contributed by atoms with Crippen LogP contribution in [-0.2, 0) is 20.9 Å². The normalized spacial score (nSPS) is 32.0. The average Bonchev–Trinajstić information content (AvgIpc) is 2.75. The van der Waals surface area contributed by atoms with E-state index in [1.807, 2.05) is 0 Å². The van der Waals surface area contributed by atoms with Crippen LogP contribution in [0.5, 0.6) is 5.75 Å². The molecule has 4 atom stereocenters. The van der Waals surface area contributed by atoms with Crippen LogP contribution < -0.4 is 10.1 Å². The van der Waals surface area contributed by atoms with Crippen molar-refractivity contribution in [1.82, 2.24) is 10.2 Å². The van der Waals surface area contributed by atoms with Crippen LogP contribution in [0, 0.1) is 5.21 Å². The van der Waals surface area contributed by atoms with Gasteiger partial charge in [-0.2, -0.15) is 0 Å². The molecule has 0 saturated carbocycles. The number of carbonyl (C=O) groups is 2. The lowest BCUT2D eigenvalue weighted by Crippen LogP contribution is -2.74. The van der Waals surface area contributed by atoms with Crippen LogP contribution in [0.4, 0.5) is 0 Å². The second-order valence-electron chi connectivity index (χ2n) is 7.43. The number of hydroxylamine groups is 3. The number of quaternary nitrogens is 1. The van der Waals surface area contributed by atoms with Gasteiger partial charge in [-0.3, -0.25) is 9.69 Å². The van der Waals surface area contributed by atoms with E-state index in [2.05, 4.69) is 5.32 Å². The van der Waals surface area contributed by atoms with E-state index in [0.29, 0.717) is 5.75 Å². The number of rotatable bonds is 5. The van der Waals surface area contributed by atoms with E-state index in [9.17, 15) is 14.8 Å². The van der Waals surface area contributed by atoms with E-state index in [1.54, 1.807) is 52.3 Å². The highest BCUT2D eigenvalue weighted by Gasteiger charge is 2.72. The van der Waals surface area contributed by atoms with Gasteiger partial charge in [0.25, 0.3) is 5.91 Å². The summed E-state index contributed by atoms with van der Waals surface area (Å²) in [6.07, 6.45) is -0.624. The molecule has 1 amide bonds. The molecular weight excluding hydrogens is 338 g/mol. The number of esters is 1. The third-order valence-electron chi connectivity index (χ3n) is 5.77. The Balaban J connectivity index is 1.76. The van der Waals surface area contributed by atoms with E-state index in [4.69, 9.17) is 9.47 Å². The monoisotopic (exact) mass is 363 g/mol. The minimum atomic E-state index is -1.01. The molecule has 1 N–H and O–H groups in total. The number of hydrogen-bond donors (Lipinski definition) is 1. The maximum Gasteiger partial charge on any atom is 0.335 e. The molecule has 0 aromatic heterocycles. The third-order valence-corrected chi connectivity index (χ3v) is 5.77. The number of nitrogens with zero attached hydrogens (tertiary/aromatic N) is 2. The fraction of sp³-hybridized carbons (Fsp3) is 0.556. The zero-order chi connectivity index (χ0) is 19.3. The van der Waals surface area contributed by atoms with Crippen molar-refractivity contribution in [3.8, 4) is 5.75 Å². The number of carbonyl (C=O) groups excluding carboxylic acids is 2. The van der Waals surface area contributed by atoms with Crippen LogP contribution in [0.1, 0.15) is 19.4 Å². The molecule has 2 heterocycles. The van der Waals surface area contributed by atoms with Crippen molar-refractivity contribution in [3.63, 3.8) is 0 Å². The van der Waals surface area contributed by atoms with Gasteiger partial charge in [-0.05, 0) is 38.6 Å².